The Morgan fingerprint density at radius 2 is 1.96 bits per heavy atom. The molecule has 0 atom stereocenters. The quantitative estimate of drug-likeness (QED) is 0.874. The molecule has 0 aromatic heterocycles. The van der Waals surface area contributed by atoms with Crippen LogP contribution in [0, 0.1) is 0 Å². The summed E-state index contributed by atoms with van der Waals surface area (Å²) in [5.41, 5.74) is 1.28. The summed E-state index contributed by atoms with van der Waals surface area (Å²) in [6.45, 7) is 4.71. The van der Waals surface area contributed by atoms with Crippen molar-refractivity contribution in [2.75, 3.05) is 39.8 Å². The van der Waals surface area contributed by atoms with Crippen molar-refractivity contribution >= 4 is 6.03 Å². The number of aryl methyl sites for hydroxylation is 1. The highest BCUT2D eigenvalue weighted by atomic mass is 16.5. The minimum absolute atomic E-state index is 0.126. The maximum absolute atomic E-state index is 12.0. The van der Waals surface area contributed by atoms with Crippen LogP contribution in [0.15, 0.2) is 24.3 Å². The van der Waals surface area contributed by atoms with Crippen LogP contribution in [0.5, 0.6) is 5.75 Å². The Hall–Kier alpha value is -1.75. The number of hydrogen-bond donors (Lipinski definition) is 1. The summed E-state index contributed by atoms with van der Waals surface area (Å²) in [5.74, 6) is 0.981. The van der Waals surface area contributed by atoms with E-state index in [0.29, 0.717) is 6.04 Å². The molecule has 0 spiro atoms. The molecule has 3 rings (SSSR count). The lowest BCUT2D eigenvalue weighted by atomic mass is 10.1. The Kier molecular flexibility index (Phi) is 5.39. The molecule has 2 aliphatic rings. The van der Waals surface area contributed by atoms with E-state index in [1.54, 1.807) is 7.11 Å². The Labute approximate surface area is 138 Å². The third kappa shape index (κ3) is 4.61. The molecule has 2 fully saturated rings. The zero-order chi connectivity index (χ0) is 16.1. The van der Waals surface area contributed by atoms with Gasteiger partial charge in [0.25, 0.3) is 0 Å². The van der Waals surface area contributed by atoms with Gasteiger partial charge in [0.2, 0.25) is 0 Å². The van der Waals surface area contributed by atoms with Crippen LogP contribution in [0.25, 0.3) is 0 Å². The number of hydrogen-bond acceptors (Lipinski definition) is 3. The second-order valence-corrected chi connectivity index (χ2v) is 6.47. The van der Waals surface area contributed by atoms with Gasteiger partial charge in [-0.1, -0.05) is 18.2 Å². The average Bonchev–Trinajstić information content (AvgIpc) is 3.40. The number of nitrogens with zero attached hydrogens (tertiary/aromatic N) is 2. The molecule has 0 radical (unpaired) electrons. The van der Waals surface area contributed by atoms with E-state index in [2.05, 4.69) is 22.3 Å². The minimum Gasteiger partial charge on any atom is -0.496 e. The Morgan fingerprint density at radius 1 is 1.22 bits per heavy atom. The zero-order valence-electron chi connectivity index (χ0n) is 14.0. The van der Waals surface area contributed by atoms with Crippen molar-refractivity contribution in [2.24, 2.45) is 0 Å². The van der Waals surface area contributed by atoms with Crippen LogP contribution in [-0.4, -0.2) is 61.7 Å². The van der Waals surface area contributed by atoms with Gasteiger partial charge in [0, 0.05) is 32.2 Å². The van der Waals surface area contributed by atoms with E-state index in [1.165, 1.54) is 5.56 Å². The summed E-state index contributed by atoms with van der Waals surface area (Å²) >= 11 is 0. The highest BCUT2D eigenvalue weighted by Crippen LogP contribution is 2.20. The fourth-order valence-electron chi connectivity index (χ4n) is 3.07. The first-order valence-corrected chi connectivity index (χ1v) is 8.66. The Bertz CT molecular complexity index is 523. The van der Waals surface area contributed by atoms with Crippen molar-refractivity contribution in [2.45, 2.75) is 31.7 Å². The van der Waals surface area contributed by atoms with Crippen molar-refractivity contribution < 1.29 is 9.53 Å². The van der Waals surface area contributed by atoms with Crippen molar-refractivity contribution in [3.05, 3.63) is 29.8 Å². The average molecular weight is 317 g/mol. The number of amides is 2. The van der Waals surface area contributed by atoms with Crippen molar-refractivity contribution in [3.63, 3.8) is 0 Å². The van der Waals surface area contributed by atoms with E-state index in [9.17, 15) is 4.79 Å². The van der Waals surface area contributed by atoms with Crippen molar-refractivity contribution in [1.82, 2.24) is 15.1 Å². The van der Waals surface area contributed by atoms with E-state index in [4.69, 9.17) is 4.74 Å². The molecule has 0 unspecified atom stereocenters. The highest BCUT2D eigenvalue weighted by Gasteiger charge is 2.27. The molecule has 1 aliphatic carbocycles. The van der Waals surface area contributed by atoms with E-state index < -0.39 is 0 Å². The number of piperazine rings is 1. The van der Waals surface area contributed by atoms with Crippen molar-refractivity contribution in [3.8, 4) is 5.75 Å². The third-order valence-electron chi connectivity index (χ3n) is 4.68. The predicted octanol–water partition coefficient (Wildman–Crippen LogP) is 2.12. The van der Waals surface area contributed by atoms with Gasteiger partial charge in [-0.3, -0.25) is 4.90 Å². The van der Waals surface area contributed by atoms with Crippen LogP contribution in [-0.2, 0) is 6.42 Å². The maximum Gasteiger partial charge on any atom is 0.317 e. The molecule has 5 heteroatoms. The van der Waals surface area contributed by atoms with E-state index in [-0.39, 0.29) is 6.03 Å². The van der Waals surface area contributed by atoms with Crippen LogP contribution >= 0.6 is 0 Å². The van der Waals surface area contributed by atoms with Gasteiger partial charge in [0.1, 0.15) is 5.75 Å². The summed E-state index contributed by atoms with van der Waals surface area (Å²) in [4.78, 5) is 16.4. The van der Waals surface area contributed by atoms with Gasteiger partial charge in [0.05, 0.1) is 7.11 Å². The molecule has 1 aliphatic heterocycles. The number of para-hydroxylation sites is 1. The highest BCUT2D eigenvalue weighted by molar-refractivity contribution is 5.75. The minimum atomic E-state index is 0.126. The first kappa shape index (κ1) is 16.1. The summed E-state index contributed by atoms with van der Waals surface area (Å²) in [6.07, 6.45) is 4.45. The lowest BCUT2D eigenvalue weighted by Crippen LogP contribution is -2.52. The first-order chi connectivity index (χ1) is 11.3. The van der Waals surface area contributed by atoms with Crippen LogP contribution in [0.2, 0.25) is 0 Å². The third-order valence-corrected chi connectivity index (χ3v) is 4.68. The molecule has 1 saturated heterocycles. The SMILES string of the molecule is COc1ccccc1CCCN1CCN(C(=O)NC2CC2)CC1. The normalized spacial score (nSPS) is 18.7. The topological polar surface area (TPSA) is 44.8 Å². The summed E-state index contributed by atoms with van der Waals surface area (Å²) in [7, 11) is 1.73. The number of carbonyl (C=O) groups excluding carboxylic acids is 1. The number of carbonyl (C=O) groups is 1. The van der Waals surface area contributed by atoms with Crippen LogP contribution < -0.4 is 10.1 Å². The maximum atomic E-state index is 12.0. The molecule has 5 nitrogen and oxygen atoms in total. The zero-order valence-corrected chi connectivity index (χ0v) is 14.0. The molecule has 1 heterocycles. The summed E-state index contributed by atoms with van der Waals surface area (Å²) in [6, 6.07) is 8.80. The van der Waals surface area contributed by atoms with E-state index in [1.807, 2.05) is 17.0 Å². The number of rotatable bonds is 6. The molecular formula is C18H27N3O2. The number of urea groups is 1. The van der Waals surface area contributed by atoms with E-state index in [0.717, 1.165) is 64.2 Å². The molecule has 126 valence electrons. The van der Waals surface area contributed by atoms with Gasteiger partial charge in [0.15, 0.2) is 0 Å². The molecule has 1 aromatic rings. The van der Waals surface area contributed by atoms with Crippen molar-refractivity contribution in [1.29, 1.82) is 0 Å². The van der Waals surface area contributed by atoms with Crippen LogP contribution in [0.1, 0.15) is 24.8 Å². The number of benzene rings is 1. The standard InChI is InChI=1S/C18H27N3O2/c1-23-17-7-3-2-5-15(17)6-4-10-20-11-13-21(14-12-20)18(22)19-16-8-9-16/h2-3,5,7,16H,4,6,8-14H2,1H3,(H,19,22). The molecule has 1 saturated carbocycles. The monoisotopic (exact) mass is 317 g/mol. The van der Waals surface area contributed by atoms with Gasteiger partial charge in [-0.05, 0) is 43.9 Å². The fourth-order valence-corrected chi connectivity index (χ4v) is 3.07. The summed E-state index contributed by atoms with van der Waals surface area (Å²) < 4.78 is 5.40. The molecule has 2 amide bonds. The lowest BCUT2D eigenvalue weighted by molar-refractivity contribution is 0.138. The largest absolute Gasteiger partial charge is 0.496 e. The number of methoxy groups -OCH3 is 1. The Morgan fingerprint density at radius 3 is 2.65 bits per heavy atom. The molecular weight excluding hydrogens is 290 g/mol. The van der Waals surface area contributed by atoms with Crippen LogP contribution in [0.3, 0.4) is 0 Å². The molecule has 1 N–H and O–H groups in total. The van der Waals surface area contributed by atoms with Gasteiger partial charge in [-0.25, -0.2) is 4.79 Å². The predicted molar refractivity (Wildman–Crippen MR) is 90.9 cm³/mol. The lowest BCUT2D eigenvalue weighted by Gasteiger charge is -2.34. The first-order valence-electron chi connectivity index (χ1n) is 8.66. The molecule has 0 bridgehead atoms. The smallest absolute Gasteiger partial charge is 0.317 e. The number of ether oxygens (including phenoxy) is 1. The van der Waals surface area contributed by atoms with Crippen LogP contribution in [0.4, 0.5) is 4.79 Å². The molecule has 1 aromatic carbocycles. The summed E-state index contributed by atoms with van der Waals surface area (Å²) in [5, 5.41) is 3.07. The second-order valence-electron chi connectivity index (χ2n) is 6.47. The van der Waals surface area contributed by atoms with Gasteiger partial charge in [-0.15, -0.1) is 0 Å². The Balaban J connectivity index is 1.36. The van der Waals surface area contributed by atoms with Gasteiger partial charge in [-0.2, -0.15) is 0 Å². The fraction of sp³-hybridized carbons (Fsp3) is 0.611. The second kappa shape index (κ2) is 7.68. The van der Waals surface area contributed by atoms with Gasteiger partial charge < -0.3 is 15.0 Å². The van der Waals surface area contributed by atoms with Gasteiger partial charge >= 0.3 is 6.03 Å². The van der Waals surface area contributed by atoms with E-state index >= 15 is 0 Å². The number of nitrogens with one attached hydrogen (secondary N) is 1. The molecule has 23 heavy (non-hydrogen) atoms.